The molecule has 19 heavy (non-hydrogen) atoms. The number of carbonyl (C=O) groups is 1. The van der Waals surface area contributed by atoms with Crippen LogP contribution in [0.2, 0.25) is 0 Å². The van der Waals surface area contributed by atoms with E-state index in [0.29, 0.717) is 10.9 Å². The third-order valence-corrected chi connectivity index (χ3v) is 2.90. The van der Waals surface area contributed by atoms with E-state index in [9.17, 15) is 18.0 Å². The van der Waals surface area contributed by atoms with Crippen molar-refractivity contribution in [3.05, 3.63) is 33.8 Å². The lowest BCUT2D eigenvalue weighted by Crippen LogP contribution is -2.39. The molecule has 1 amide bonds. The minimum absolute atomic E-state index is 0.0872. The number of aryl methyl sites for hydroxylation is 1. The van der Waals surface area contributed by atoms with Gasteiger partial charge in [-0.05, 0) is 37.1 Å². The lowest BCUT2D eigenvalue weighted by molar-refractivity contribution is -0.140. The monoisotopic (exact) mass is 337 g/mol. The molecule has 2 nitrogen and oxygen atoms in total. The van der Waals surface area contributed by atoms with Gasteiger partial charge in [-0.3, -0.25) is 4.79 Å². The first kappa shape index (κ1) is 16.0. The van der Waals surface area contributed by atoms with Gasteiger partial charge >= 0.3 is 6.18 Å². The quantitative estimate of drug-likeness (QED) is 0.807. The first-order chi connectivity index (χ1) is 8.73. The first-order valence-electron chi connectivity index (χ1n) is 5.86. The molecule has 0 heterocycles. The zero-order valence-corrected chi connectivity index (χ0v) is 12.3. The molecule has 0 aromatic heterocycles. The largest absolute Gasteiger partial charge is 0.406 e. The summed E-state index contributed by atoms with van der Waals surface area (Å²) in [5, 5.41) is 0. The molecular weight excluding hydrogens is 323 g/mol. The van der Waals surface area contributed by atoms with Gasteiger partial charge in [0.15, 0.2) is 0 Å². The first-order valence-corrected chi connectivity index (χ1v) is 6.65. The number of benzene rings is 1. The van der Waals surface area contributed by atoms with E-state index in [1.807, 2.05) is 0 Å². The zero-order chi connectivity index (χ0) is 14.6. The lowest BCUT2D eigenvalue weighted by atomic mass is 10.1. The summed E-state index contributed by atoms with van der Waals surface area (Å²) in [6.07, 6.45) is -3.90. The molecule has 0 N–H and O–H groups in total. The van der Waals surface area contributed by atoms with Crippen molar-refractivity contribution in [1.29, 1.82) is 0 Å². The van der Waals surface area contributed by atoms with Gasteiger partial charge in [-0.1, -0.05) is 22.9 Å². The van der Waals surface area contributed by atoms with Gasteiger partial charge in [-0.25, -0.2) is 0 Å². The normalized spacial score (nSPS) is 11.5. The Morgan fingerprint density at radius 1 is 1.32 bits per heavy atom. The molecular formula is C13H15BrF3NO. The second kappa shape index (κ2) is 6.41. The van der Waals surface area contributed by atoms with Gasteiger partial charge in [0.1, 0.15) is 6.54 Å². The fourth-order valence-corrected chi connectivity index (χ4v) is 2.39. The molecule has 0 aliphatic carbocycles. The summed E-state index contributed by atoms with van der Waals surface area (Å²) in [7, 11) is 0. The smallest absolute Gasteiger partial charge is 0.330 e. The average molecular weight is 338 g/mol. The second-order valence-electron chi connectivity index (χ2n) is 4.36. The van der Waals surface area contributed by atoms with Crippen LogP contribution < -0.4 is 0 Å². The number of carbonyl (C=O) groups excluding carboxylic acids is 1. The van der Waals surface area contributed by atoms with Crippen molar-refractivity contribution in [3.8, 4) is 0 Å². The third kappa shape index (κ3) is 5.22. The van der Waals surface area contributed by atoms with E-state index in [0.717, 1.165) is 10.5 Å². The molecule has 0 radical (unpaired) electrons. The van der Waals surface area contributed by atoms with E-state index >= 15 is 0 Å². The molecule has 0 aliphatic heterocycles. The van der Waals surface area contributed by atoms with Crippen LogP contribution in [0.5, 0.6) is 0 Å². The number of hydrogen-bond acceptors (Lipinski definition) is 1. The maximum atomic E-state index is 12.5. The molecule has 106 valence electrons. The summed E-state index contributed by atoms with van der Waals surface area (Å²) in [5.74, 6) is -0.594. The Kier molecular flexibility index (Phi) is 5.40. The molecule has 0 spiro atoms. The molecule has 1 rings (SSSR count). The summed E-state index contributed by atoms with van der Waals surface area (Å²) >= 11 is 3.24. The number of alkyl halides is 3. The van der Waals surface area contributed by atoms with Crippen LogP contribution in [-0.2, 0) is 0 Å². The number of hydrogen-bond donors (Lipinski definition) is 0. The Hall–Kier alpha value is -1.04. The Labute approximate surface area is 118 Å². The number of rotatable bonds is 4. The van der Waals surface area contributed by atoms with Gasteiger partial charge in [0.2, 0.25) is 0 Å². The summed E-state index contributed by atoms with van der Waals surface area (Å²) in [6.45, 7) is 2.40. The molecule has 0 unspecified atom stereocenters. The van der Waals surface area contributed by atoms with Gasteiger partial charge in [-0.2, -0.15) is 13.2 Å². The van der Waals surface area contributed by atoms with E-state index < -0.39 is 18.6 Å². The van der Waals surface area contributed by atoms with Gasteiger partial charge in [-0.15, -0.1) is 0 Å². The highest BCUT2D eigenvalue weighted by Crippen LogP contribution is 2.21. The van der Waals surface area contributed by atoms with Gasteiger partial charge in [0, 0.05) is 16.6 Å². The van der Waals surface area contributed by atoms with Gasteiger partial charge < -0.3 is 4.90 Å². The third-order valence-electron chi connectivity index (χ3n) is 2.44. The van der Waals surface area contributed by atoms with E-state index in [1.54, 1.807) is 26.0 Å². The maximum Gasteiger partial charge on any atom is 0.406 e. The fourth-order valence-electron chi connectivity index (χ4n) is 1.78. The molecule has 0 fully saturated rings. The Bertz CT molecular complexity index is 439. The van der Waals surface area contributed by atoms with E-state index in [-0.39, 0.29) is 12.1 Å². The number of halogens is 4. The molecule has 0 saturated carbocycles. The number of amides is 1. The summed E-state index contributed by atoms with van der Waals surface area (Å²) < 4.78 is 38.1. The highest BCUT2D eigenvalue weighted by Gasteiger charge is 2.33. The minimum Gasteiger partial charge on any atom is -0.330 e. The van der Waals surface area contributed by atoms with Crippen molar-refractivity contribution in [2.75, 3.05) is 13.1 Å². The van der Waals surface area contributed by atoms with Crippen molar-refractivity contribution < 1.29 is 18.0 Å². The molecule has 1 aromatic rings. The second-order valence-corrected chi connectivity index (χ2v) is 5.27. The van der Waals surface area contributed by atoms with Crippen LogP contribution >= 0.6 is 15.9 Å². The molecule has 0 bridgehead atoms. The molecule has 6 heteroatoms. The van der Waals surface area contributed by atoms with Crippen molar-refractivity contribution >= 4 is 21.8 Å². The van der Waals surface area contributed by atoms with Crippen molar-refractivity contribution in [1.82, 2.24) is 4.90 Å². The van der Waals surface area contributed by atoms with Crippen molar-refractivity contribution in [2.24, 2.45) is 0 Å². The van der Waals surface area contributed by atoms with E-state index in [1.165, 1.54) is 6.07 Å². The standard InChI is InChI=1S/C13H15BrF3NO/c1-3-4-18(8-13(15,16)17)12(19)10-5-9(2)6-11(14)7-10/h5-7H,3-4,8H2,1-2H3. The predicted molar refractivity (Wildman–Crippen MR) is 71.1 cm³/mol. The molecule has 0 atom stereocenters. The van der Waals surface area contributed by atoms with Crippen LogP contribution in [-0.4, -0.2) is 30.1 Å². The minimum atomic E-state index is -4.38. The van der Waals surface area contributed by atoms with Gasteiger partial charge in [0.05, 0.1) is 0 Å². The van der Waals surface area contributed by atoms with Crippen LogP contribution in [0.15, 0.2) is 22.7 Å². The van der Waals surface area contributed by atoms with Crippen molar-refractivity contribution in [2.45, 2.75) is 26.4 Å². The van der Waals surface area contributed by atoms with E-state index in [2.05, 4.69) is 15.9 Å². The topological polar surface area (TPSA) is 20.3 Å². The zero-order valence-electron chi connectivity index (χ0n) is 10.7. The van der Waals surface area contributed by atoms with Crippen LogP contribution in [0.4, 0.5) is 13.2 Å². The van der Waals surface area contributed by atoms with Crippen LogP contribution in [0.25, 0.3) is 0 Å². The maximum absolute atomic E-state index is 12.5. The molecule has 1 aromatic carbocycles. The van der Waals surface area contributed by atoms with Crippen LogP contribution in [0.1, 0.15) is 29.3 Å². The number of nitrogens with zero attached hydrogens (tertiary/aromatic N) is 1. The Morgan fingerprint density at radius 2 is 1.95 bits per heavy atom. The molecule has 0 saturated heterocycles. The fraction of sp³-hybridized carbons (Fsp3) is 0.462. The average Bonchev–Trinajstić information content (AvgIpc) is 2.24. The Morgan fingerprint density at radius 3 is 2.42 bits per heavy atom. The van der Waals surface area contributed by atoms with E-state index in [4.69, 9.17) is 0 Å². The van der Waals surface area contributed by atoms with Crippen LogP contribution in [0.3, 0.4) is 0 Å². The summed E-state index contributed by atoms with van der Waals surface area (Å²) in [6, 6.07) is 4.92. The highest BCUT2D eigenvalue weighted by atomic mass is 79.9. The molecule has 0 aliphatic rings. The Balaban J connectivity index is 2.98. The predicted octanol–water partition coefficient (Wildman–Crippen LogP) is 4.17. The van der Waals surface area contributed by atoms with Crippen LogP contribution in [0, 0.1) is 6.92 Å². The summed E-state index contributed by atoms with van der Waals surface area (Å²) in [4.78, 5) is 13.0. The lowest BCUT2D eigenvalue weighted by Gasteiger charge is -2.23. The highest BCUT2D eigenvalue weighted by molar-refractivity contribution is 9.10. The SMILES string of the molecule is CCCN(CC(F)(F)F)C(=O)c1cc(C)cc(Br)c1. The van der Waals surface area contributed by atoms with Crippen molar-refractivity contribution in [3.63, 3.8) is 0 Å². The van der Waals surface area contributed by atoms with Gasteiger partial charge in [0.25, 0.3) is 5.91 Å². The summed E-state index contributed by atoms with van der Waals surface area (Å²) in [5.41, 5.74) is 1.09.